The van der Waals surface area contributed by atoms with Crippen molar-refractivity contribution in [1.82, 2.24) is 5.32 Å². The number of rotatable bonds is 2. The number of para-hydroxylation sites is 1. The lowest BCUT2D eigenvalue weighted by molar-refractivity contribution is 0.112. The van der Waals surface area contributed by atoms with Crippen molar-refractivity contribution in [3.05, 3.63) is 29.8 Å². The predicted molar refractivity (Wildman–Crippen MR) is 64.0 cm³/mol. The van der Waals surface area contributed by atoms with E-state index in [1.165, 1.54) is 5.56 Å². The first kappa shape index (κ1) is 11.4. The maximum atomic E-state index is 5.65. The van der Waals surface area contributed by atoms with Crippen LogP contribution in [0.4, 0.5) is 0 Å². The van der Waals surface area contributed by atoms with Gasteiger partial charge in [0, 0.05) is 24.1 Å². The van der Waals surface area contributed by atoms with Crippen molar-refractivity contribution in [2.24, 2.45) is 0 Å². The van der Waals surface area contributed by atoms with Crippen molar-refractivity contribution in [1.29, 1.82) is 0 Å². The minimum Gasteiger partial charge on any atom is -0.496 e. The van der Waals surface area contributed by atoms with Crippen LogP contribution in [-0.4, -0.2) is 33.4 Å². The highest BCUT2D eigenvalue weighted by Gasteiger charge is 2.31. The van der Waals surface area contributed by atoms with Gasteiger partial charge in [0.25, 0.3) is 0 Å². The van der Waals surface area contributed by atoms with E-state index in [-0.39, 0.29) is 5.41 Å². The molecule has 1 fully saturated rings. The fourth-order valence-electron chi connectivity index (χ4n) is 2.17. The Kier molecular flexibility index (Phi) is 3.46. The van der Waals surface area contributed by atoms with Crippen LogP contribution in [0.1, 0.15) is 12.5 Å². The Morgan fingerprint density at radius 1 is 1.38 bits per heavy atom. The highest BCUT2D eigenvalue weighted by atomic mass is 16.5. The molecule has 16 heavy (non-hydrogen) atoms. The largest absolute Gasteiger partial charge is 0.496 e. The van der Waals surface area contributed by atoms with Crippen LogP contribution < -0.4 is 10.1 Å². The zero-order valence-corrected chi connectivity index (χ0v) is 9.95. The maximum absolute atomic E-state index is 5.65. The summed E-state index contributed by atoms with van der Waals surface area (Å²) >= 11 is 0. The van der Waals surface area contributed by atoms with Crippen molar-refractivity contribution < 1.29 is 9.47 Å². The van der Waals surface area contributed by atoms with Crippen LogP contribution in [0.5, 0.6) is 5.75 Å². The summed E-state index contributed by atoms with van der Waals surface area (Å²) in [7, 11) is 1.72. The normalized spacial score (nSPS) is 26.1. The highest BCUT2D eigenvalue weighted by molar-refractivity contribution is 5.39. The number of nitrogens with one attached hydrogen (secondary N) is 1. The van der Waals surface area contributed by atoms with Gasteiger partial charge in [-0.05, 0) is 6.07 Å². The first-order valence-corrected chi connectivity index (χ1v) is 5.68. The maximum Gasteiger partial charge on any atom is 0.122 e. The molecule has 0 saturated carbocycles. The molecule has 1 aromatic rings. The Balaban J connectivity index is 2.32. The zero-order valence-electron chi connectivity index (χ0n) is 9.95. The van der Waals surface area contributed by atoms with Crippen molar-refractivity contribution in [3.63, 3.8) is 0 Å². The molecular formula is C13H19NO2. The van der Waals surface area contributed by atoms with E-state index in [2.05, 4.69) is 18.3 Å². The third kappa shape index (κ3) is 2.20. The summed E-state index contributed by atoms with van der Waals surface area (Å²) in [6, 6.07) is 8.17. The lowest BCUT2D eigenvalue weighted by atomic mass is 9.82. The highest BCUT2D eigenvalue weighted by Crippen LogP contribution is 2.32. The van der Waals surface area contributed by atoms with Gasteiger partial charge in [0.05, 0.1) is 20.3 Å². The smallest absolute Gasteiger partial charge is 0.122 e. The Morgan fingerprint density at radius 2 is 2.19 bits per heavy atom. The van der Waals surface area contributed by atoms with Gasteiger partial charge in [0.15, 0.2) is 0 Å². The van der Waals surface area contributed by atoms with Gasteiger partial charge in [-0.1, -0.05) is 25.1 Å². The van der Waals surface area contributed by atoms with Gasteiger partial charge in [0.1, 0.15) is 5.75 Å². The molecule has 0 bridgehead atoms. The van der Waals surface area contributed by atoms with Crippen molar-refractivity contribution in [2.45, 2.75) is 12.3 Å². The summed E-state index contributed by atoms with van der Waals surface area (Å²) in [5.74, 6) is 0.942. The summed E-state index contributed by atoms with van der Waals surface area (Å²) in [5, 5.41) is 3.41. The van der Waals surface area contributed by atoms with Crippen molar-refractivity contribution in [3.8, 4) is 5.75 Å². The molecule has 1 saturated heterocycles. The van der Waals surface area contributed by atoms with Crippen LogP contribution >= 0.6 is 0 Å². The van der Waals surface area contributed by atoms with Crippen LogP contribution in [0.3, 0.4) is 0 Å². The van der Waals surface area contributed by atoms with Crippen molar-refractivity contribution in [2.75, 3.05) is 33.4 Å². The van der Waals surface area contributed by atoms with Gasteiger partial charge in [-0.25, -0.2) is 0 Å². The monoisotopic (exact) mass is 221 g/mol. The van der Waals surface area contributed by atoms with Crippen LogP contribution in [0, 0.1) is 0 Å². The molecule has 0 amide bonds. The average molecular weight is 221 g/mol. The van der Waals surface area contributed by atoms with E-state index < -0.39 is 0 Å². The van der Waals surface area contributed by atoms with Gasteiger partial charge in [0.2, 0.25) is 0 Å². The summed E-state index contributed by atoms with van der Waals surface area (Å²) in [6.07, 6.45) is 0. The minimum atomic E-state index is -0.0108. The molecule has 0 aliphatic carbocycles. The number of hydrogen-bond donors (Lipinski definition) is 1. The molecule has 1 unspecified atom stereocenters. The molecule has 1 N–H and O–H groups in total. The molecule has 0 aromatic heterocycles. The van der Waals surface area contributed by atoms with E-state index in [0.717, 1.165) is 32.1 Å². The lowest BCUT2D eigenvalue weighted by Crippen LogP contribution is -2.37. The molecule has 3 heteroatoms. The second-order valence-electron chi connectivity index (χ2n) is 4.49. The quantitative estimate of drug-likeness (QED) is 0.822. The van der Waals surface area contributed by atoms with Crippen LogP contribution in [0.15, 0.2) is 24.3 Å². The number of hydrogen-bond acceptors (Lipinski definition) is 3. The van der Waals surface area contributed by atoms with Crippen molar-refractivity contribution >= 4 is 0 Å². The topological polar surface area (TPSA) is 30.5 Å². The van der Waals surface area contributed by atoms with Gasteiger partial charge in [-0.15, -0.1) is 0 Å². The van der Waals surface area contributed by atoms with E-state index in [9.17, 15) is 0 Å². The third-order valence-corrected chi connectivity index (χ3v) is 3.12. The molecule has 3 nitrogen and oxygen atoms in total. The molecule has 2 rings (SSSR count). The Hall–Kier alpha value is -1.06. The number of ether oxygens (including phenoxy) is 2. The molecule has 1 aliphatic heterocycles. The van der Waals surface area contributed by atoms with Crippen LogP contribution in [0.25, 0.3) is 0 Å². The standard InChI is InChI=1S/C13H19NO2/c1-13(9-14-7-8-16-10-13)11-5-3-4-6-12(11)15-2/h3-6,14H,7-10H2,1-2H3. The fourth-order valence-corrected chi connectivity index (χ4v) is 2.17. The Bertz CT molecular complexity index is 344. The molecule has 1 aliphatic rings. The summed E-state index contributed by atoms with van der Waals surface area (Å²) < 4.78 is 11.1. The van der Waals surface area contributed by atoms with Gasteiger partial charge >= 0.3 is 0 Å². The molecular weight excluding hydrogens is 202 g/mol. The van der Waals surface area contributed by atoms with Gasteiger partial charge in [-0.3, -0.25) is 0 Å². The van der Waals surface area contributed by atoms with E-state index in [1.54, 1.807) is 7.11 Å². The van der Waals surface area contributed by atoms with E-state index in [4.69, 9.17) is 9.47 Å². The SMILES string of the molecule is COc1ccccc1C1(C)CNCCOC1. The predicted octanol–water partition coefficient (Wildman–Crippen LogP) is 1.57. The minimum absolute atomic E-state index is 0.0108. The second-order valence-corrected chi connectivity index (χ2v) is 4.49. The molecule has 1 atom stereocenters. The Labute approximate surface area is 96.8 Å². The molecule has 88 valence electrons. The van der Waals surface area contributed by atoms with E-state index in [0.29, 0.717) is 0 Å². The van der Waals surface area contributed by atoms with Crippen LogP contribution in [0.2, 0.25) is 0 Å². The number of methoxy groups -OCH3 is 1. The number of benzene rings is 1. The van der Waals surface area contributed by atoms with E-state index in [1.807, 2.05) is 18.2 Å². The Morgan fingerprint density at radius 3 is 3.00 bits per heavy atom. The van der Waals surface area contributed by atoms with Gasteiger partial charge in [-0.2, -0.15) is 0 Å². The summed E-state index contributed by atoms with van der Waals surface area (Å²) in [4.78, 5) is 0. The zero-order chi connectivity index (χ0) is 11.4. The molecule has 1 heterocycles. The van der Waals surface area contributed by atoms with E-state index >= 15 is 0 Å². The first-order valence-electron chi connectivity index (χ1n) is 5.68. The molecule has 0 spiro atoms. The lowest BCUT2D eigenvalue weighted by Gasteiger charge is -2.29. The first-order chi connectivity index (χ1) is 7.76. The van der Waals surface area contributed by atoms with Crippen LogP contribution in [-0.2, 0) is 10.2 Å². The summed E-state index contributed by atoms with van der Waals surface area (Å²) in [5.41, 5.74) is 1.20. The summed E-state index contributed by atoms with van der Waals surface area (Å²) in [6.45, 7) is 5.58. The fraction of sp³-hybridized carbons (Fsp3) is 0.538. The second kappa shape index (κ2) is 4.85. The van der Waals surface area contributed by atoms with Gasteiger partial charge < -0.3 is 14.8 Å². The molecule has 0 radical (unpaired) electrons. The average Bonchev–Trinajstić information content (AvgIpc) is 2.55. The molecule has 1 aromatic carbocycles. The third-order valence-electron chi connectivity index (χ3n) is 3.12.